The number of fused-ring (bicyclic) bond motifs is 3. The largest absolute Gasteiger partial charge is 0.455 e. The van der Waals surface area contributed by atoms with E-state index in [2.05, 4.69) is 86.0 Å². The van der Waals surface area contributed by atoms with Crippen LogP contribution < -0.4 is 9.47 Å². The summed E-state index contributed by atoms with van der Waals surface area (Å²) >= 11 is 0. The fourth-order valence-electron chi connectivity index (χ4n) is 5.63. The highest BCUT2D eigenvalue weighted by molar-refractivity contribution is 5.86. The molecule has 6 nitrogen and oxygen atoms in total. The lowest BCUT2D eigenvalue weighted by molar-refractivity contribution is -0.158. The van der Waals surface area contributed by atoms with E-state index in [9.17, 15) is 9.59 Å². The second-order valence-electron chi connectivity index (χ2n) is 10.1. The average molecular weight is 575 g/mol. The predicted molar refractivity (Wildman–Crippen MR) is 166 cm³/mol. The zero-order chi connectivity index (χ0) is 30.4. The van der Waals surface area contributed by atoms with Crippen molar-refractivity contribution in [2.45, 2.75) is 44.7 Å². The van der Waals surface area contributed by atoms with Crippen LogP contribution in [-0.2, 0) is 24.5 Å². The molecule has 0 N–H and O–H groups in total. The van der Waals surface area contributed by atoms with Crippen molar-refractivity contribution < 1.29 is 28.5 Å². The molecule has 4 aromatic carbocycles. The second-order valence-corrected chi connectivity index (χ2v) is 10.1. The van der Waals surface area contributed by atoms with E-state index < -0.39 is 29.9 Å². The molecule has 0 aromatic heterocycles. The Balaban J connectivity index is 1.57. The topological polar surface area (TPSA) is 71.1 Å². The highest BCUT2D eigenvalue weighted by atomic mass is 16.7. The first-order valence-corrected chi connectivity index (χ1v) is 14.3. The molecule has 43 heavy (non-hydrogen) atoms. The van der Waals surface area contributed by atoms with Crippen molar-refractivity contribution in [2.75, 3.05) is 0 Å². The SMILES string of the molecule is C=CC(=O)OC(CC)Oc1ccc(C2(c3ccc(OC(CC)OC(=O)C=C)cc3)c3ccccc3-c3ccccc32)cc1. The molecule has 1 aliphatic carbocycles. The minimum absolute atomic E-state index is 0.492. The molecule has 0 saturated heterocycles. The summed E-state index contributed by atoms with van der Waals surface area (Å²) in [5, 5.41) is 0. The Morgan fingerprint density at radius 2 is 1.00 bits per heavy atom. The van der Waals surface area contributed by atoms with Gasteiger partial charge in [-0.15, -0.1) is 0 Å². The minimum atomic E-state index is -0.719. The Kier molecular flexibility index (Phi) is 8.77. The quantitative estimate of drug-likeness (QED) is 0.0863. The van der Waals surface area contributed by atoms with Crippen LogP contribution in [0, 0.1) is 0 Å². The van der Waals surface area contributed by atoms with Crippen LogP contribution in [0.4, 0.5) is 0 Å². The van der Waals surface area contributed by atoms with Crippen LogP contribution in [0.25, 0.3) is 11.1 Å². The lowest BCUT2D eigenvalue weighted by atomic mass is 9.68. The van der Waals surface area contributed by atoms with Crippen LogP contribution in [-0.4, -0.2) is 24.5 Å². The molecular weight excluding hydrogens is 540 g/mol. The van der Waals surface area contributed by atoms with E-state index in [0.717, 1.165) is 34.4 Å². The summed E-state index contributed by atoms with van der Waals surface area (Å²) in [6.07, 6.45) is 1.80. The van der Waals surface area contributed by atoms with Gasteiger partial charge in [0.25, 0.3) is 0 Å². The molecule has 6 heteroatoms. The Labute approximate surface area is 252 Å². The molecule has 0 spiro atoms. The number of carbonyl (C=O) groups excluding carboxylic acids is 2. The first-order valence-electron chi connectivity index (χ1n) is 14.3. The summed E-state index contributed by atoms with van der Waals surface area (Å²) in [4.78, 5) is 23.5. The molecule has 2 unspecified atom stereocenters. The molecule has 0 fully saturated rings. The van der Waals surface area contributed by atoms with Gasteiger partial charge in [0.2, 0.25) is 12.6 Å². The van der Waals surface area contributed by atoms with Gasteiger partial charge in [-0.3, -0.25) is 0 Å². The first-order chi connectivity index (χ1) is 20.9. The van der Waals surface area contributed by atoms with Gasteiger partial charge in [-0.25, -0.2) is 9.59 Å². The van der Waals surface area contributed by atoms with E-state index in [0.29, 0.717) is 24.3 Å². The van der Waals surface area contributed by atoms with E-state index in [1.54, 1.807) is 0 Å². The van der Waals surface area contributed by atoms with Crippen molar-refractivity contribution in [3.05, 3.63) is 145 Å². The van der Waals surface area contributed by atoms with Crippen LogP contribution in [0.3, 0.4) is 0 Å². The molecule has 0 aliphatic heterocycles. The van der Waals surface area contributed by atoms with E-state index in [1.807, 2.05) is 38.1 Å². The molecule has 0 saturated carbocycles. The number of carbonyl (C=O) groups is 2. The fraction of sp³-hybridized carbons (Fsp3) is 0.189. The van der Waals surface area contributed by atoms with E-state index in [1.165, 1.54) is 11.1 Å². The van der Waals surface area contributed by atoms with Gasteiger partial charge in [0, 0.05) is 25.0 Å². The Bertz CT molecular complexity index is 1500. The van der Waals surface area contributed by atoms with Gasteiger partial charge in [0.15, 0.2) is 0 Å². The number of ether oxygens (including phenoxy) is 4. The monoisotopic (exact) mass is 574 g/mol. The molecule has 5 rings (SSSR count). The third-order valence-corrected chi connectivity index (χ3v) is 7.56. The zero-order valence-corrected chi connectivity index (χ0v) is 24.3. The lowest BCUT2D eigenvalue weighted by Crippen LogP contribution is -2.28. The van der Waals surface area contributed by atoms with Gasteiger partial charge < -0.3 is 18.9 Å². The molecule has 1 aliphatic rings. The van der Waals surface area contributed by atoms with Crippen LogP contribution in [0.15, 0.2) is 122 Å². The molecule has 2 atom stereocenters. The maximum atomic E-state index is 11.7. The van der Waals surface area contributed by atoms with Gasteiger partial charge in [-0.1, -0.05) is 99.8 Å². The fourth-order valence-corrected chi connectivity index (χ4v) is 5.63. The normalized spacial score (nSPS) is 13.9. The van der Waals surface area contributed by atoms with Crippen LogP contribution >= 0.6 is 0 Å². The maximum Gasteiger partial charge on any atom is 0.333 e. The summed E-state index contributed by atoms with van der Waals surface area (Å²) in [6, 6.07) is 32.8. The average Bonchev–Trinajstić information content (AvgIpc) is 3.35. The van der Waals surface area contributed by atoms with Crippen molar-refractivity contribution >= 4 is 11.9 Å². The summed E-state index contributed by atoms with van der Waals surface area (Å²) in [5.41, 5.74) is 6.14. The zero-order valence-electron chi connectivity index (χ0n) is 24.3. The highest BCUT2D eigenvalue weighted by Gasteiger charge is 2.45. The lowest BCUT2D eigenvalue weighted by Gasteiger charge is -2.34. The van der Waals surface area contributed by atoms with Crippen LogP contribution in [0.5, 0.6) is 11.5 Å². The van der Waals surface area contributed by atoms with Crippen molar-refractivity contribution in [1.29, 1.82) is 0 Å². The number of benzene rings is 4. The van der Waals surface area contributed by atoms with Gasteiger partial charge in [-0.05, 0) is 57.6 Å². The summed E-state index contributed by atoms with van der Waals surface area (Å²) < 4.78 is 22.6. The Hall–Kier alpha value is -5.10. The first kappa shape index (κ1) is 29.4. The summed E-state index contributed by atoms with van der Waals surface area (Å²) in [7, 11) is 0. The molecule has 218 valence electrons. The van der Waals surface area contributed by atoms with Gasteiger partial charge in [-0.2, -0.15) is 0 Å². The molecule has 0 heterocycles. The van der Waals surface area contributed by atoms with Crippen molar-refractivity contribution in [2.24, 2.45) is 0 Å². The Morgan fingerprint density at radius 1 is 0.628 bits per heavy atom. The van der Waals surface area contributed by atoms with E-state index in [-0.39, 0.29) is 0 Å². The molecule has 0 amide bonds. The number of hydrogen-bond acceptors (Lipinski definition) is 6. The van der Waals surface area contributed by atoms with Gasteiger partial charge >= 0.3 is 11.9 Å². The van der Waals surface area contributed by atoms with Crippen LogP contribution in [0.2, 0.25) is 0 Å². The van der Waals surface area contributed by atoms with E-state index in [4.69, 9.17) is 18.9 Å². The van der Waals surface area contributed by atoms with E-state index >= 15 is 0 Å². The third kappa shape index (κ3) is 5.69. The van der Waals surface area contributed by atoms with Crippen molar-refractivity contribution in [3.8, 4) is 22.6 Å². The summed E-state index contributed by atoms with van der Waals surface area (Å²) in [5.74, 6) is 0.118. The molecule has 0 bridgehead atoms. The Morgan fingerprint density at radius 3 is 1.35 bits per heavy atom. The molecular formula is C37H34O6. The highest BCUT2D eigenvalue weighted by Crippen LogP contribution is 2.56. The van der Waals surface area contributed by atoms with Gasteiger partial charge in [0.1, 0.15) is 11.5 Å². The minimum Gasteiger partial charge on any atom is -0.455 e. The number of rotatable bonds is 12. The number of hydrogen-bond donors (Lipinski definition) is 0. The second kappa shape index (κ2) is 12.8. The molecule has 0 radical (unpaired) electrons. The number of esters is 2. The van der Waals surface area contributed by atoms with Gasteiger partial charge in [0.05, 0.1) is 5.41 Å². The maximum absolute atomic E-state index is 11.7. The van der Waals surface area contributed by atoms with Crippen LogP contribution in [0.1, 0.15) is 48.9 Å². The third-order valence-electron chi connectivity index (χ3n) is 7.56. The summed E-state index contributed by atoms with van der Waals surface area (Å²) in [6.45, 7) is 10.7. The van der Waals surface area contributed by atoms with Crippen molar-refractivity contribution in [1.82, 2.24) is 0 Å². The standard InChI is InChI=1S/C37H34O6/c1-5-33(38)42-35(7-3)40-27-21-17-25(18-22-27)37(31-15-11-9-13-29(31)30-14-10-12-16-32(30)37)26-19-23-28(24-20-26)41-36(8-4)43-34(39)6-2/h5-6,9-24,35-36H,1-2,7-8H2,3-4H3. The van der Waals surface area contributed by atoms with Crippen molar-refractivity contribution in [3.63, 3.8) is 0 Å². The molecule has 4 aromatic rings. The predicted octanol–water partition coefficient (Wildman–Crippen LogP) is 7.74. The smallest absolute Gasteiger partial charge is 0.333 e.